The monoisotopic (exact) mass is 464 g/mol. The number of fused-ring (bicyclic) bond motifs is 1. The van der Waals surface area contributed by atoms with Crippen molar-refractivity contribution in [3.63, 3.8) is 0 Å². The maximum atomic E-state index is 7.38. The SMILES string of the molecule is NC1(N(c2ccccc2)c2ccccc2)C=CC(c2ccccc2)=C(c2cccc3ccccc23)C1. The quantitative estimate of drug-likeness (QED) is 0.266. The van der Waals surface area contributed by atoms with E-state index in [-0.39, 0.29) is 0 Å². The molecule has 0 heterocycles. The van der Waals surface area contributed by atoms with E-state index in [2.05, 4.69) is 138 Å². The van der Waals surface area contributed by atoms with E-state index in [1.54, 1.807) is 0 Å². The number of nitrogens with two attached hydrogens (primary N) is 1. The van der Waals surface area contributed by atoms with Gasteiger partial charge in [-0.2, -0.15) is 0 Å². The number of benzene rings is 5. The smallest absolute Gasteiger partial charge is 0.117 e. The van der Waals surface area contributed by atoms with Crippen molar-refractivity contribution in [1.29, 1.82) is 0 Å². The molecular formula is C34H28N2. The summed E-state index contributed by atoms with van der Waals surface area (Å²) < 4.78 is 0. The molecule has 1 aliphatic carbocycles. The van der Waals surface area contributed by atoms with Gasteiger partial charge in [-0.3, -0.25) is 0 Å². The number of allylic oxidation sites excluding steroid dienone is 2. The fourth-order valence-electron chi connectivity index (χ4n) is 5.32. The minimum absolute atomic E-state index is 0.658. The summed E-state index contributed by atoms with van der Waals surface area (Å²) in [7, 11) is 0. The number of para-hydroxylation sites is 2. The normalized spacial score (nSPS) is 17.4. The van der Waals surface area contributed by atoms with Gasteiger partial charge in [-0.25, -0.2) is 0 Å². The standard InChI is InChI=1S/C34H28N2/c35-34(36(28-17-6-2-7-18-28)29-19-8-3-9-20-29)24-23-31(26-13-4-1-5-14-26)33(25-34)32-22-12-16-27-15-10-11-21-30(27)32/h1-24H,25,35H2. The zero-order valence-electron chi connectivity index (χ0n) is 20.1. The number of anilines is 2. The maximum Gasteiger partial charge on any atom is 0.117 e. The van der Waals surface area contributed by atoms with Crippen molar-refractivity contribution >= 4 is 33.3 Å². The molecule has 0 spiro atoms. The summed E-state index contributed by atoms with van der Waals surface area (Å²) in [6, 6.07) is 46.6. The molecule has 2 heteroatoms. The first-order chi connectivity index (χ1) is 17.7. The Balaban J connectivity index is 1.56. The molecule has 0 fully saturated rings. The summed E-state index contributed by atoms with van der Waals surface area (Å²) in [5.41, 5.74) is 13.7. The fraction of sp³-hybridized carbons (Fsp3) is 0.0588. The van der Waals surface area contributed by atoms with Crippen LogP contribution in [0.25, 0.3) is 21.9 Å². The molecule has 0 amide bonds. The van der Waals surface area contributed by atoms with Gasteiger partial charge in [0.05, 0.1) is 0 Å². The number of nitrogens with zero attached hydrogens (tertiary/aromatic N) is 1. The molecule has 0 saturated carbocycles. The van der Waals surface area contributed by atoms with Gasteiger partial charge in [0.2, 0.25) is 0 Å². The molecule has 5 aromatic carbocycles. The predicted octanol–water partition coefficient (Wildman–Crippen LogP) is 8.20. The molecule has 2 nitrogen and oxygen atoms in total. The van der Waals surface area contributed by atoms with Gasteiger partial charge in [0.1, 0.15) is 5.66 Å². The average Bonchev–Trinajstić information content (AvgIpc) is 2.94. The van der Waals surface area contributed by atoms with Crippen LogP contribution < -0.4 is 10.6 Å². The summed E-state index contributed by atoms with van der Waals surface area (Å²) in [6.07, 6.45) is 5.05. The van der Waals surface area contributed by atoms with E-state index in [0.29, 0.717) is 6.42 Å². The minimum Gasteiger partial charge on any atom is -0.319 e. The molecule has 174 valence electrons. The Labute approximate surface area is 212 Å². The van der Waals surface area contributed by atoms with Crippen LogP contribution >= 0.6 is 0 Å². The Morgan fingerprint density at radius 1 is 0.583 bits per heavy atom. The second kappa shape index (κ2) is 9.33. The lowest BCUT2D eigenvalue weighted by Gasteiger charge is -2.43. The van der Waals surface area contributed by atoms with Gasteiger partial charge < -0.3 is 10.6 Å². The molecular weight excluding hydrogens is 436 g/mol. The van der Waals surface area contributed by atoms with Crippen LogP contribution in [0.2, 0.25) is 0 Å². The van der Waals surface area contributed by atoms with Crippen molar-refractivity contribution in [2.45, 2.75) is 12.1 Å². The first-order valence-corrected chi connectivity index (χ1v) is 12.4. The van der Waals surface area contributed by atoms with E-state index in [9.17, 15) is 0 Å². The number of hydrogen-bond acceptors (Lipinski definition) is 2. The van der Waals surface area contributed by atoms with Crippen molar-refractivity contribution in [1.82, 2.24) is 0 Å². The molecule has 0 saturated heterocycles. The zero-order valence-corrected chi connectivity index (χ0v) is 20.1. The summed E-state index contributed by atoms with van der Waals surface area (Å²) in [5, 5.41) is 2.47. The van der Waals surface area contributed by atoms with Crippen molar-refractivity contribution in [2.75, 3.05) is 4.90 Å². The van der Waals surface area contributed by atoms with E-state index in [4.69, 9.17) is 5.73 Å². The highest BCUT2D eigenvalue weighted by atomic mass is 15.3. The lowest BCUT2D eigenvalue weighted by Crippen LogP contribution is -2.53. The van der Waals surface area contributed by atoms with Crippen molar-refractivity contribution in [3.8, 4) is 0 Å². The summed E-state index contributed by atoms with van der Waals surface area (Å²) in [4.78, 5) is 2.26. The van der Waals surface area contributed by atoms with Crippen LogP contribution in [0.4, 0.5) is 11.4 Å². The Bertz CT molecular complexity index is 1510. The molecule has 0 aromatic heterocycles. The number of rotatable bonds is 5. The largest absolute Gasteiger partial charge is 0.319 e. The maximum absolute atomic E-state index is 7.38. The van der Waals surface area contributed by atoms with Crippen LogP contribution in [-0.2, 0) is 0 Å². The molecule has 0 radical (unpaired) electrons. The Kier molecular flexibility index (Phi) is 5.73. The van der Waals surface area contributed by atoms with Crippen LogP contribution in [-0.4, -0.2) is 5.66 Å². The third-order valence-corrected chi connectivity index (χ3v) is 6.97. The van der Waals surface area contributed by atoms with Crippen LogP contribution in [0.5, 0.6) is 0 Å². The van der Waals surface area contributed by atoms with Gasteiger partial charge in [-0.15, -0.1) is 0 Å². The summed E-state index contributed by atoms with van der Waals surface area (Å²) in [6.45, 7) is 0. The van der Waals surface area contributed by atoms with Gasteiger partial charge >= 0.3 is 0 Å². The zero-order chi connectivity index (χ0) is 24.4. The van der Waals surface area contributed by atoms with E-state index < -0.39 is 5.66 Å². The highest BCUT2D eigenvalue weighted by molar-refractivity contribution is 6.05. The van der Waals surface area contributed by atoms with Gasteiger partial charge in [-0.1, -0.05) is 115 Å². The van der Waals surface area contributed by atoms with Crippen LogP contribution in [0.15, 0.2) is 146 Å². The molecule has 36 heavy (non-hydrogen) atoms. The lowest BCUT2D eigenvalue weighted by atomic mass is 9.81. The number of hydrogen-bond donors (Lipinski definition) is 1. The fourth-order valence-corrected chi connectivity index (χ4v) is 5.32. The van der Waals surface area contributed by atoms with Crippen molar-refractivity contribution in [3.05, 3.63) is 157 Å². The molecule has 1 unspecified atom stereocenters. The Morgan fingerprint density at radius 3 is 1.81 bits per heavy atom. The Hall–Kier alpha value is -4.40. The molecule has 2 N–H and O–H groups in total. The predicted molar refractivity (Wildman–Crippen MR) is 153 cm³/mol. The second-order valence-electron chi connectivity index (χ2n) is 9.29. The van der Waals surface area contributed by atoms with Crippen LogP contribution in [0.1, 0.15) is 17.5 Å². The molecule has 5 aromatic rings. The molecule has 1 aliphatic rings. The molecule has 0 aliphatic heterocycles. The second-order valence-corrected chi connectivity index (χ2v) is 9.29. The van der Waals surface area contributed by atoms with Gasteiger partial charge in [0, 0.05) is 17.8 Å². The first kappa shape index (κ1) is 22.1. The third-order valence-electron chi connectivity index (χ3n) is 6.97. The van der Waals surface area contributed by atoms with Gasteiger partial charge in [0.15, 0.2) is 0 Å². The van der Waals surface area contributed by atoms with Crippen molar-refractivity contribution < 1.29 is 0 Å². The summed E-state index contributed by atoms with van der Waals surface area (Å²) in [5.74, 6) is 0. The van der Waals surface area contributed by atoms with E-state index in [1.165, 1.54) is 33.0 Å². The molecule has 6 rings (SSSR count). The van der Waals surface area contributed by atoms with Crippen LogP contribution in [0.3, 0.4) is 0 Å². The van der Waals surface area contributed by atoms with Crippen LogP contribution in [0, 0.1) is 0 Å². The first-order valence-electron chi connectivity index (χ1n) is 12.4. The highest BCUT2D eigenvalue weighted by Gasteiger charge is 2.36. The van der Waals surface area contributed by atoms with Gasteiger partial charge in [-0.05, 0) is 63.4 Å². The lowest BCUT2D eigenvalue weighted by molar-refractivity contribution is 0.549. The van der Waals surface area contributed by atoms with E-state index >= 15 is 0 Å². The van der Waals surface area contributed by atoms with Gasteiger partial charge in [0.25, 0.3) is 0 Å². The van der Waals surface area contributed by atoms with E-state index in [0.717, 1.165) is 11.4 Å². The molecule has 1 atom stereocenters. The third kappa shape index (κ3) is 4.02. The topological polar surface area (TPSA) is 29.3 Å². The summed E-state index contributed by atoms with van der Waals surface area (Å²) >= 11 is 0. The highest BCUT2D eigenvalue weighted by Crippen LogP contribution is 2.44. The Morgan fingerprint density at radius 2 is 1.14 bits per heavy atom. The minimum atomic E-state index is -0.757. The average molecular weight is 465 g/mol. The molecule has 0 bridgehead atoms. The van der Waals surface area contributed by atoms with E-state index in [1.807, 2.05) is 12.1 Å². The van der Waals surface area contributed by atoms with Crippen molar-refractivity contribution in [2.24, 2.45) is 5.73 Å².